The molecule has 1 aromatic carbocycles. The molecule has 0 heterocycles. The smallest absolute Gasteiger partial charge is 0.305 e. The number of unbranched alkanes of at least 4 members (excludes halogenated alkanes) is 2. The zero-order chi connectivity index (χ0) is 14.6. The van der Waals surface area contributed by atoms with Crippen LogP contribution >= 0.6 is 0 Å². The Morgan fingerprint density at radius 2 is 1.85 bits per heavy atom. The molecule has 1 rings (SSSR count). The first-order chi connectivity index (χ1) is 9.77. The van der Waals surface area contributed by atoms with Gasteiger partial charge in [-0.2, -0.15) is 0 Å². The zero-order valence-electron chi connectivity index (χ0n) is 12.4. The second kappa shape index (κ2) is 10.3. The maximum absolute atomic E-state index is 10.9. The van der Waals surface area contributed by atoms with E-state index >= 15 is 0 Å². The molecule has 0 aromatic heterocycles. The molecule has 0 N–H and O–H groups in total. The van der Waals surface area contributed by atoms with Crippen molar-refractivity contribution in [2.75, 3.05) is 27.4 Å². The summed E-state index contributed by atoms with van der Waals surface area (Å²) in [5.41, 5.74) is 1.17. The van der Waals surface area contributed by atoms with Crippen LogP contribution in [-0.2, 0) is 20.7 Å². The van der Waals surface area contributed by atoms with Crippen molar-refractivity contribution in [2.24, 2.45) is 0 Å². The third-order valence-corrected chi connectivity index (χ3v) is 3.06. The first-order valence-electron chi connectivity index (χ1n) is 7.04. The summed E-state index contributed by atoms with van der Waals surface area (Å²) in [5, 5.41) is 0. The normalized spacial score (nSPS) is 10.3. The summed E-state index contributed by atoms with van der Waals surface area (Å²) in [6.07, 6.45) is 4.10. The minimum absolute atomic E-state index is 0.143. The fraction of sp³-hybridized carbons (Fsp3) is 0.562. The van der Waals surface area contributed by atoms with Crippen molar-refractivity contribution in [3.05, 3.63) is 29.8 Å². The monoisotopic (exact) mass is 280 g/mol. The van der Waals surface area contributed by atoms with Crippen LogP contribution in [0.3, 0.4) is 0 Å². The van der Waals surface area contributed by atoms with Gasteiger partial charge in [0.25, 0.3) is 0 Å². The number of esters is 1. The van der Waals surface area contributed by atoms with E-state index in [1.165, 1.54) is 12.7 Å². The summed E-state index contributed by atoms with van der Waals surface area (Å²) in [6, 6.07) is 8.03. The number of methoxy groups -OCH3 is 2. The molecule has 0 atom stereocenters. The molecule has 0 fully saturated rings. The highest BCUT2D eigenvalue weighted by Gasteiger charge is 2.03. The van der Waals surface area contributed by atoms with Gasteiger partial charge in [-0.15, -0.1) is 0 Å². The van der Waals surface area contributed by atoms with Crippen LogP contribution in [0.25, 0.3) is 0 Å². The lowest BCUT2D eigenvalue weighted by Gasteiger charge is -2.11. The molecule has 0 bridgehead atoms. The molecular weight excluding hydrogens is 256 g/mol. The Bertz CT molecular complexity index is 390. The molecule has 0 aliphatic rings. The Morgan fingerprint density at radius 1 is 1.05 bits per heavy atom. The van der Waals surface area contributed by atoms with E-state index in [4.69, 9.17) is 9.47 Å². The summed E-state index contributed by atoms with van der Waals surface area (Å²) >= 11 is 0. The van der Waals surface area contributed by atoms with Crippen LogP contribution < -0.4 is 4.74 Å². The number of ether oxygens (including phenoxy) is 3. The predicted octanol–water partition coefficient (Wildman–Crippen LogP) is 2.99. The molecule has 0 amide bonds. The lowest BCUT2D eigenvalue weighted by molar-refractivity contribution is -0.140. The molecule has 0 unspecified atom stereocenters. The van der Waals surface area contributed by atoms with Gasteiger partial charge in [-0.3, -0.25) is 4.79 Å². The quantitative estimate of drug-likeness (QED) is 0.488. The van der Waals surface area contributed by atoms with E-state index in [0.29, 0.717) is 19.6 Å². The van der Waals surface area contributed by atoms with Gasteiger partial charge in [0.1, 0.15) is 5.75 Å². The van der Waals surface area contributed by atoms with Gasteiger partial charge in [0, 0.05) is 13.5 Å². The second-order valence-electron chi connectivity index (χ2n) is 4.59. The van der Waals surface area contributed by atoms with Crippen LogP contribution in [-0.4, -0.2) is 33.4 Å². The van der Waals surface area contributed by atoms with E-state index in [-0.39, 0.29) is 5.97 Å². The maximum Gasteiger partial charge on any atom is 0.305 e. The topological polar surface area (TPSA) is 44.8 Å². The zero-order valence-corrected chi connectivity index (χ0v) is 12.4. The molecular formula is C16H24O4. The minimum atomic E-state index is -0.143. The average Bonchev–Trinajstić information content (AvgIpc) is 2.49. The van der Waals surface area contributed by atoms with Gasteiger partial charge < -0.3 is 14.2 Å². The first kappa shape index (κ1) is 16.5. The van der Waals surface area contributed by atoms with Crippen molar-refractivity contribution in [3.63, 3.8) is 0 Å². The molecule has 1 aromatic rings. The van der Waals surface area contributed by atoms with E-state index in [9.17, 15) is 4.79 Å². The number of hydrogen-bond donors (Lipinski definition) is 0. The second-order valence-corrected chi connectivity index (χ2v) is 4.59. The van der Waals surface area contributed by atoms with E-state index in [2.05, 4.69) is 10.8 Å². The number of rotatable bonds is 10. The van der Waals surface area contributed by atoms with E-state index in [0.717, 1.165) is 31.4 Å². The lowest BCUT2D eigenvalue weighted by atomic mass is 10.1. The Balaban J connectivity index is 2.22. The van der Waals surface area contributed by atoms with Crippen molar-refractivity contribution in [2.45, 2.75) is 32.1 Å². The van der Waals surface area contributed by atoms with Crippen LogP contribution in [0, 0.1) is 0 Å². The Kier molecular flexibility index (Phi) is 8.47. The molecule has 4 nitrogen and oxygen atoms in total. The summed E-state index contributed by atoms with van der Waals surface area (Å²) in [6.45, 7) is 1.37. The summed E-state index contributed by atoms with van der Waals surface area (Å²) in [5.74, 6) is 0.786. The van der Waals surface area contributed by atoms with Gasteiger partial charge in [-0.25, -0.2) is 0 Å². The van der Waals surface area contributed by atoms with Crippen LogP contribution in [0.2, 0.25) is 0 Å². The number of hydrogen-bond acceptors (Lipinski definition) is 4. The average molecular weight is 280 g/mol. The van der Waals surface area contributed by atoms with Crippen molar-refractivity contribution in [1.82, 2.24) is 0 Å². The summed E-state index contributed by atoms with van der Waals surface area (Å²) in [4.78, 5) is 10.9. The Labute approximate surface area is 121 Å². The molecule has 0 spiro atoms. The van der Waals surface area contributed by atoms with Crippen molar-refractivity contribution < 1.29 is 19.0 Å². The summed E-state index contributed by atoms with van der Waals surface area (Å²) in [7, 11) is 3.12. The fourth-order valence-corrected chi connectivity index (χ4v) is 1.90. The fourth-order valence-electron chi connectivity index (χ4n) is 1.90. The largest absolute Gasteiger partial charge is 0.493 e. The van der Waals surface area contributed by atoms with Gasteiger partial charge in [0.05, 0.1) is 20.3 Å². The van der Waals surface area contributed by atoms with Crippen LogP contribution in [0.5, 0.6) is 5.75 Å². The molecule has 0 aliphatic carbocycles. The summed E-state index contributed by atoms with van der Waals surface area (Å²) < 4.78 is 15.5. The molecule has 0 saturated heterocycles. The highest BCUT2D eigenvalue weighted by atomic mass is 16.5. The van der Waals surface area contributed by atoms with Crippen LogP contribution in [0.1, 0.15) is 31.2 Å². The van der Waals surface area contributed by atoms with Crippen molar-refractivity contribution in [1.29, 1.82) is 0 Å². The molecule has 0 radical (unpaired) electrons. The molecule has 0 saturated carbocycles. The standard InChI is InChI=1S/C16H24O4/c1-18-13-11-14-8-5-6-9-15(14)20-12-7-3-4-10-16(17)19-2/h5-6,8-9H,3-4,7,10-13H2,1-2H3. The highest BCUT2D eigenvalue weighted by Crippen LogP contribution is 2.19. The first-order valence-corrected chi connectivity index (χ1v) is 7.04. The maximum atomic E-state index is 10.9. The highest BCUT2D eigenvalue weighted by molar-refractivity contribution is 5.68. The number of carbonyl (C=O) groups is 1. The predicted molar refractivity (Wildman–Crippen MR) is 78.0 cm³/mol. The minimum Gasteiger partial charge on any atom is -0.493 e. The lowest BCUT2D eigenvalue weighted by Crippen LogP contribution is -2.03. The van der Waals surface area contributed by atoms with E-state index < -0.39 is 0 Å². The third-order valence-electron chi connectivity index (χ3n) is 3.06. The van der Waals surface area contributed by atoms with Gasteiger partial charge in [-0.1, -0.05) is 18.2 Å². The Hall–Kier alpha value is -1.55. The van der Waals surface area contributed by atoms with E-state index in [1.54, 1.807) is 7.11 Å². The van der Waals surface area contributed by atoms with Crippen molar-refractivity contribution >= 4 is 5.97 Å². The van der Waals surface area contributed by atoms with Gasteiger partial charge in [0.15, 0.2) is 0 Å². The van der Waals surface area contributed by atoms with Crippen molar-refractivity contribution in [3.8, 4) is 5.75 Å². The SMILES string of the molecule is COCCc1ccccc1OCCCCCC(=O)OC. The van der Waals surface area contributed by atoms with Crippen LogP contribution in [0.15, 0.2) is 24.3 Å². The number of para-hydroxylation sites is 1. The van der Waals surface area contributed by atoms with Gasteiger partial charge in [0.2, 0.25) is 0 Å². The molecule has 112 valence electrons. The number of carbonyl (C=O) groups excluding carboxylic acids is 1. The Morgan fingerprint density at radius 3 is 2.60 bits per heavy atom. The van der Waals surface area contributed by atoms with Crippen LogP contribution in [0.4, 0.5) is 0 Å². The molecule has 4 heteroatoms. The van der Waals surface area contributed by atoms with Gasteiger partial charge >= 0.3 is 5.97 Å². The number of benzene rings is 1. The molecule has 20 heavy (non-hydrogen) atoms. The third kappa shape index (κ3) is 6.57. The molecule has 0 aliphatic heterocycles. The van der Waals surface area contributed by atoms with E-state index in [1.807, 2.05) is 18.2 Å². The van der Waals surface area contributed by atoms with Gasteiger partial charge in [-0.05, 0) is 37.3 Å².